The monoisotopic (exact) mass is 308 g/mol. The van der Waals surface area contributed by atoms with Crippen LogP contribution < -0.4 is 11.3 Å². The largest absolute Gasteiger partial charge is 0.276 e. The van der Waals surface area contributed by atoms with E-state index >= 15 is 0 Å². The number of halogens is 1. The van der Waals surface area contributed by atoms with Crippen molar-refractivity contribution in [3.8, 4) is 0 Å². The van der Waals surface area contributed by atoms with E-state index in [1.165, 1.54) is 11.1 Å². The molecule has 2 rings (SSSR count). The van der Waals surface area contributed by atoms with Gasteiger partial charge in [0.2, 0.25) is 0 Å². The number of hydrogen-bond donors (Lipinski definition) is 2. The van der Waals surface area contributed by atoms with E-state index in [-0.39, 0.29) is 6.04 Å². The van der Waals surface area contributed by atoms with Crippen molar-refractivity contribution in [3.63, 3.8) is 0 Å². The molecular weight excluding hydrogens is 292 g/mol. The van der Waals surface area contributed by atoms with Gasteiger partial charge in [-0.05, 0) is 30.0 Å². The van der Waals surface area contributed by atoms with Crippen LogP contribution in [0, 0.1) is 6.92 Å². The second-order valence-electron chi connectivity index (χ2n) is 4.42. The van der Waals surface area contributed by atoms with Crippen LogP contribution >= 0.6 is 15.9 Å². The minimum absolute atomic E-state index is 0.0727. The van der Waals surface area contributed by atoms with Gasteiger partial charge in [0.05, 0.1) is 12.2 Å². The highest BCUT2D eigenvalue weighted by Crippen LogP contribution is 2.28. The van der Waals surface area contributed by atoms with E-state index in [1.807, 2.05) is 25.5 Å². The Morgan fingerprint density at radius 1 is 1.50 bits per heavy atom. The lowest BCUT2D eigenvalue weighted by molar-refractivity contribution is 0.549. The maximum atomic E-state index is 5.68. The number of nitrogens with two attached hydrogens (primary N) is 1. The summed E-state index contributed by atoms with van der Waals surface area (Å²) in [4.78, 5) is 0. The summed E-state index contributed by atoms with van der Waals surface area (Å²) in [5.41, 5.74) is 6.41. The predicted molar refractivity (Wildman–Crippen MR) is 75.9 cm³/mol. The van der Waals surface area contributed by atoms with Gasteiger partial charge >= 0.3 is 0 Å². The fraction of sp³-hybridized carbons (Fsp3) is 0.308. The highest BCUT2D eigenvalue weighted by molar-refractivity contribution is 9.10. The van der Waals surface area contributed by atoms with Crippen molar-refractivity contribution in [2.45, 2.75) is 19.4 Å². The summed E-state index contributed by atoms with van der Waals surface area (Å²) in [6, 6.07) is 6.27. The predicted octanol–water partition coefficient (Wildman–Crippen LogP) is 2.24. The number of rotatable bonds is 4. The normalized spacial score (nSPS) is 12.7. The quantitative estimate of drug-likeness (QED) is 0.673. The number of aromatic nitrogens is 2. The lowest BCUT2D eigenvalue weighted by atomic mass is 10.00. The fourth-order valence-electron chi connectivity index (χ4n) is 2.01. The van der Waals surface area contributed by atoms with Gasteiger partial charge in [0.25, 0.3) is 0 Å². The van der Waals surface area contributed by atoms with Gasteiger partial charge < -0.3 is 0 Å². The third-order valence-corrected chi connectivity index (χ3v) is 4.08. The molecule has 5 heteroatoms. The zero-order valence-electron chi connectivity index (χ0n) is 10.5. The Morgan fingerprint density at radius 2 is 2.28 bits per heavy atom. The van der Waals surface area contributed by atoms with Gasteiger partial charge in [-0.1, -0.05) is 34.1 Å². The molecule has 18 heavy (non-hydrogen) atoms. The molecule has 0 spiro atoms. The highest BCUT2D eigenvalue weighted by Gasteiger charge is 2.15. The van der Waals surface area contributed by atoms with Crippen LogP contribution in [0.25, 0.3) is 0 Å². The van der Waals surface area contributed by atoms with Crippen LogP contribution in [-0.2, 0) is 13.5 Å². The third-order valence-electron chi connectivity index (χ3n) is 3.00. The van der Waals surface area contributed by atoms with Crippen molar-refractivity contribution in [1.82, 2.24) is 15.2 Å². The van der Waals surface area contributed by atoms with Crippen molar-refractivity contribution >= 4 is 15.9 Å². The first-order valence-corrected chi connectivity index (χ1v) is 6.59. The number of benzene rings is 1. The topological polar surface area (TPSA) is 55.9 Å². The molecule has 0 amide bonds. The van der Waals surface area contributed by atoms with E-state index in [4.69, 9.17) is 5.84 Å². The lowest BCUT2D eigenvalue weighted by Gasteiger charge is -2.18. The lowest BCUT2D eigenvalue weighted by Crippen LogP contribution is -2.29. The fourth-order valence-corrected chi connectivity index (χ4v) is 2.55. The van der Waals surface area contributed by atoms with Gasteiger partial charge in [0, 0.05) is 17.7 Å². The van der Waals surface area contributed by atoms with Crippen LogP contribution in [0.4, 0.5) is 0 Å². The van der Waals surface area contributed by atoms with Crippen molar-refractivity contribution in [3.05, 3.63) is 51.8 Å². The van der Waals surface area contributed by atoms with Crippen LogP contribution in [0.1, 0.15) is 22.7 Å². The zero-order chi connectivity index (χ0) is 13.1. The number of nitrogens with zero attached hydrogens (tertiary/aromatic N) is 2. The van der Waals surface area contributed by atoms with E-state index in [9.17, 15) is 0 Å². The second-order valence-corrected chi connectivity index (χ2v) is 5.22. The average molecular weight is 309 g/mol. The molecule has 96 valence electrons. The van der Waals surface area contributed by atoms with Crippen molar-refractivity contribution < 1.29 is 0 Å². The molecule has 0 bridgehead atoms. The first-order chi connectivity index (χ1) is 8.61. The molecule has 0 saturated carbocycles. The Balaban J connectivity index is 2.25. The molecule has 1 unspecified atom stereocenters. The van der Waals surface area contributed by atoms with Crippen LogP contribution in [0.5, 0.6) is 0 Å². The maximum absolute atomic E-state index is 5.68. The van der Waals surface area contributed by atoms with Crippen molar-refractivity contribution in [2.24, 2.45) is 12.9 Å². The molecule has 0 aliphatic rings. The van der Waals surface area contributed by atoms with Gasteiger partial charge in [-0.15, -0.1) is 0 Å². The average Bonchev–Trinajstić information content (AvgIpc) is 2.76. The number of hydrogen-bond acceptors (Lipinski definition) is 3. The van der Waals surface area contributed by atoms with Crippen LogP contribution in [0.3, 0.4) is 0 Å². The maximum Gasteiger partial charge on any atom is 0.0522 e. The van der Waals surface area contributed by atoms with E-state index in [0.29, 0.717) is 0 Å². The van der Waals surface area contributed by atoms with Crippen molar-refractivity contribution in [1.29, 1.82) is 0 Å². The third kappa shape index (κ3) is 2.80. The van der Waals surface area contributed by atoms with E-state index in [0.717, 1.165) is 16.5 Å². The number of hydrazine groups is 1. The molecule has 1 heterocycles. The van der Waals surface area contributed by atoms with Gasteiger partial charge in [-0.2, -0.15) is 5.10 Å². The molecule has 1 atom stereocenters. The van der Waals surface area contributed by atoms with E-state index in [1.54, 1.807) is 4.68 Å². The molecule has 1 aromatic heterocycles. The summed E-state index contributed by atoms with van der Waals surface area (Å²) < 4.78 is 2.91. The van der Waals surface area contributed by atoms with Crippen molar-refractivity contribution in [2.75, 3.05) is 0 Å². The molecular formula is C13H17BrN4. The minimum atomic E-state index is 0.0727. The number of aryl methyl sites for hydroxylation is 2. The van der Waals surface area contributed by atoms with E-state index in [2.05, 4.69) is 45.5 Å². The molecule has 0 saturated heterocycles. The molecule has 1 aromatic carbocycles. The summed E-state index contributed by atoms with van der Waals surface area (Å²) >= 11 is 3.62. The SMILES string of the molecule is Cc1cccc(C(Cc2cnn(C)c2)NN)c1Br. The Morgan fingerprint density at radius 3 is 2.89 bits per heavy atom. The summed E-state index contributed by atoms with van der Waals surface area (Å²) in [7, 11) is 1.91. The van der Waals surface area contributed by atoms with E-state index < -0.39 is 0 Å². The standard InChI is InChI=1S/C13H17BrN4/c1-9-4-3-5-11(13(9)14)12(17-15)6-10-7-16-18(2)8-10/h3-5,7-8,12,17H,6,15H2,1-2H3. The second kappa shape index (κ2) is 5.65. The Labute approximate surface area is 115 Å². The molecule has 2 aromatic rings. The Kier molecular flexibility index (Phi) is 4.16. The van der Waals surface area contributed by atoms with Gasteiger partial charge in [0.1, 0.15) is 0 Å². The molecule has 0 aliphatic carbocycles. The smallest absolute Gasteiger partial charge is 0.0522 e. The number of nitrogens with one attached hydrogen (secondary N) is 1. The van der Waals surface area contributed by atoms with Gasteiger partial charge in [-0.3, -0.25) is 16.0 Å². The first-order valence-electron chi connectivity index (χ1n) is 5.80. The highest BCUT2D eigenvalue weighted by atomic mass is 79.9. The molecule has 3 N–H and O–H groups in total. The Bertz CT molecular complexity index is 536. The molecule has 0 fully saturated rings. The summed E-state index contributed by atoms with van der Waals surface area (Å²) in [6.07, 6.45) is 4.69. The molecule has 0 aliphatic heterocycles. The molecule has 0 radical (unpaired) electrons. The Hall–Kier alpha value is -1.17. The molecule has 4 nitrogen and oxygen atoms in total. The first kappa shape index (κ1) is 13.3. The minimum Gasteiger partial charge on any atom is -0.276 e. The van der Waals surface area contributed by atoms with Crippen LogP contribution in [-0.4, -0.2) is 9.78 Å². The summed E-state index contributed by atoms with van der Waals surface area (Å²) in [5, 5.41) is 4.17. The summed E-state index contributed by atoms with van der Waals surface area (Å²) in [5.74, 6) is 5.68. The summed E-state index contributed by atoms with van der Waals surface area (Å²) in [6.45, 7) is 2.07. The zero-order valence-corrected chi connectivity index (χ0v) is 12.1. The van der Waals surface area contributed by atoms with Gasteiger partial charge in [-0.25, -0.2) is 0 Å². The van der Waals surface area contributed by atoms with Crippen LogP contribution in [0.2, 0.25) is 0 Å². The van der Waals surface area contributed by atoms with Gasteiger partial charge in [0.15, 0.2) is 0 Å². The van der Waals surface area contributed by atoms with Crippen LogP contribution in [0.15, 0.2) is 35.1 Å².